The fraction of sp³-hybridized carbons (Fsp3) is 0. The Bertz CT molecular complexity index is 3040. The summed E-state index contributed by atoms with van der Waals surface area (Å²) in [5.41, 5.74) is 7.71. The molecule has 0 fully saturated rings. The molecular weight excluding hydrogens is 685 g/mol. The summed E-state index contributed by atoms with van der Waals surface area (Å²) in [6.07, 6.45) is 0. The van der Waals surface area contributed by atoms with E-state index in [0.29, 0.717) is 11.1 Å². The second-order valence-electron chi connectivity index (χ2n) is 13.9. The molecule has 4 nitrogen and oxygen atoms in total. The zero-order valence-corrected chi connectivity index (χ0v) is 30.8. The van der Waals surface area contributed by atoms with Gasteiger partial charge >= 0.3 is 0 Å². The summed E-state index contributed by atoms with van der Waals surface area (Å²) in [6.45, 7) is 0. The minimum atomic E-state index is -3.03. The van der Waals surface area contributed by atoms with Crippen LogP contribution in [0, 0.1) is 22.7 Å². The van der Waals surface area contributed by atoms with Gasteiger partial charge in [-0.3, -0.25) is 0 Å². The second kappa shape index (κ2) is 12.9. The Morgan fingerprint density at radius 3 is 1.42 bits per heavy atom. The molecule has 0 atom stereocenters. The van der Waals surface area contributed by atoms with Gasteiger partial charge in [0.2, 0.25) is 0 Å². The number of fused-ring (bicyclic) bond motifs is 6. The zero-order chi connectivity index (χ0) is 36.9. The van der Waals surface area contributed by atoms with Crippen LogP contribution < -0.4 is 20.7 Å². The van der Waals surface area contributed by atoms with E-state index < -0.39 is 8.07 Å². The largest absolute Gasteiger partial charge is 0.309 e. The molecule has 0 saturated carbocycles. The maximum Gasteiger partial charge on any atom is 0.181 e. The van der Waals surface area contributed by atoms with Crippen molar-refractivity contribution < 1.29 is 0 Å². The molecule has 0 spiro atoms. The Hall–Kier alpha value is -7.44. The predicted octanol–water partition coefficient (Wildman–Crippen LogP) is 9.00. The quantitative estimate of drug-likeness (QED) is 0.127. The summed E-state index contributed by atoms with van der Waals surface area (Å²) >= 11 is 0. The topological polar surface area (TPSA) is 57.4 Å². The third kappa shape index (κ3) is 4.88. The minimum Gasteiger partial charge on any atom is -0.309 e. The number of para-hydroxylation sites is 3. The fourth-order valence-corrected chi connectivity index (χ4v) is 13.7. The third-order valence-electron chi connectivity index (χ3n) is 11.1. The molecule has 0 aliphatic rings. The highest BCUT2D eigenvalue weighted by molar-refractivity contribution is 7.20. The molecule has 55 heavy (non-hydrogen) atoms. The van der Waals surface area contributed by atoms with Gasteiger partial charge in [0, 0.05) is 32.9 Å². The Morgan fingerprint density at radius 2 is 0.836 bits per heavy atom. The van der Waals surface area contributed by atoms with Gasteiger partial charge in [-0.25, -0.2) is 0 Å². The normalized spacial score (nSPS) is 11.6. The monoisotopic (exact) mass is 716 g/mol. The lowest BCUT2D eigenvalue weighted by atomic mass is 10.1. The average Bonchev–Trinajstić information content (AvgIpc) is 3.78. The van der Waals surface area contributed by atoms with Crippen molar-refractivity contribution in [3.8, 4) is 23.5 Å². The molecule has 0 saturated heterocycles. The van der Waals surface area contributed by atoms with Crippen molar-refractivity contribution in [2.24, 2.45) is 0 Å². The zero-order valence-electron chi connectivity index (χ0n) is 29.8. The Kier molecular flexibility index (Phi) is 7.56. The van der Waals surface area contributed by atoms with E-state index in [0.717, 1.165) is 33.2 Å². The highest BCUT2D eigenvalue weighted by Gasteiger charge is 2.43. The average molecular weight is 717 g/mol. The van der Waals surface area contributed by atoms with E-state index in [9.17, 15) is 10.5 Å². The van der Waals surface area contributed by atoms with Crippen molar-refractivity contribution in [2.75, 3.05) is 0 Å². The number of nitrogens with zero attached hydrogens (tertiary/aromatic N) is 4. The number of nitriles is 2. The summed E-state index contributed by atoms with van der Waals surface area (Å²) in [4.78, 5) is 0. The van der Waals surface area contributed by atoms with E-state index in [2.05, 4.69) is 179 Å². The fourth-order valence-electron chi connectivity index (χ4n) is 8.81. The minimum absolute atomic E-state index is 0.591. The molecule has 0 aliphatic heterocycles. The summed E-state index contributed by atoms with van der Waals surface area (Å²) in [5.74, 6) is 0. The van der Waals surface area contributed by atoms with Gasteiger partial charge in [-0.1, -0.05) is 127 Å². The highest BCUT2D eigenvalue weighted by Crippen LogP contribution is 2.35. The number of hydrogen-bond acceptors (Lipinski definition) is 2. The highest BCUT2D eigenvalue weighted by atomic mass is 28.3. The summed E-state index contributed by atoms with van der Waals surface area (Å²) in [6, 6.07) is 73.9. The van der Waals surface area contributed by atoms with Gasteiger partial charge in [0.25, 0.3) is 0 Å². The SMILES string of the molecule is N#Cc1ccc2c(c1)c1cc(C#N)ccc1n2-c1ccc([Si](c2ccccc2)(c2ccccc2)c2cccc3c4ccccc4n(-c4ccccc4)c23)cc1. The van der Waals surface area contributed by atoms with Crippen LogP contribution in [0.25, 0.3) is 55.0 Å². The first kappa shape index (κ1) is 32.2. The molecule has 0 amide bonds. The molecule has 10 rings (SSSR count). The standard InChI is InChI=1S/C50H32N4Si/c51-33-35-23-29-47-44(31-35)45-32-36(34-52)24-30-48(45)53(47)38-25-27-41(28-26-38)55(39-15-6-2-7-16-39,40-17-8-3-9-18-40)49-22-12-20-43-42-19-10-11-21-46(42)54(50(43)49)37-13-4-1-5-14-37/h1-32H. The van der Waals surface area contributed by atoms with Crippen LogP contribution in [0.5, 0.6) is 0 Å². The van der Waals surface area contributed by atoms with E-state index in [-0.39, 0.29) is 0 Å². The smallest absolute Gasteiger partial charge is 0.181 e. The lowest BCUT2D eigenvalue weighted by Gasteiger charge is -2.35. The van der Waals surface area contributed by atoms with E-state index in [1.54, 1.807) is 0 Å². The first-order chi connectivity index (χ1) is 27.2. The van der Waals surface area contributed by atoms with Crippen molar-refractivity contribution in [2.45, 2.75) is 0 Å². The van der Waals surface area contributed by atoms with Crippen LogP contribution in [0.4, 0.5) is 0 Å². The first-order valence-corrected chi connectivity index (χ1v) is 20.4. The molecule has 0 unspecified atom stereocenters. The van der Waals surface area contributed by atoms with Crippen LogP contribution in [0.1, 0.15) is 11.1 Å². The van der Waals surface area contributed by atoms with Crippen LogP contribution in [-0.4, -0.2) is 17.2 Å². The van der Waals surface area contributed by atoms with Gasteiger partial charge in [0.05, 0.1) is 45.3 Å². The summed E-state index contributed by atoms with van der Waals surface area (Å²) < 4.78 is 4.71. The number of rotatable bonds is 6. The molecule has 8 aromatic carbocycles. The van der Waals surface area contributed by atoms with Crippen LogP contribution >= 0.6 is 0 Å². The number of benzene rings is 8. The van der Waals surface area contributed by atoms with Gasteiger partial charge in [-0.05, 0) is 87.5 Å². The number of hydrogen-bond donors (Lipinski definition) is 0. The van der Waals surface area contributed by atoms with Crippen molar-refractivity contribution in [3.05, 3.63) is 205 Å². The van der Waals surface area contributed by atoms with Crippen molar-refractivity contribution >= 4 is 72.4 Å². The maximum absolute atomic E-state index is 9.76. The first-order valence-electron chi connectivity index (χ1n) is 18.4. The summed E-state index contributed by atoms with van der Waals surface area (Å²) in [7, 11) is -3.03. The van der Waals surface area contributed by atoms with Gasteiger partial charge in [-0.2, -0.15) is 10.5 Å². The Balaban J connectivity index is 1.30. The van der Waals surface area contributed by atoms with Gasteiger partial charge in [0.1, 0.15) is 0 Å². The van der Waals surface area contributed by atoms with Crippen LogP contribution in [0.15, 0.2) is 194 Å². The molecule has 2 heterocycles. The maximum atomic E-state index is 9.76. The van der Waals surface area contributed by atoms with Crippen molar-refractivity contribution in [1.29, 1.82) is 10.5 Å². The van der Waals surface area contributed by atoms with E-state index >= 15 is 0 Å². The Morgan fingerprint density at radius 1 is 0.364 bits per heavy atom. The van der Waals surface area contributed by atoms with Crippen LogP contribution in [0.3, 0.4) is 0 Å². The van der Waals surface area contributed by atoms with Crippen LogP contribution in [-0.2, 0) is 0 Å². The Labute approximate surface area is 319 Å². The second-order valence-corrected chi connectivity index (χ2v) is 17.7. The molecule has 10 aromatic rings. The van der Waals surface area contributed by atoms with Crippen molar-refractivity contribution in [3.63, 3.8) is 0 Å². The van der Waals surface area contributed by atoms with Gasteiger partial charge in [0.15, 0.2) is 8.07 Å². The molecule has 0 aliphatic carbocycles. The number of aromatic nitrogens is 2. The van der Waals surface area contributed by atoms with Crippen molar-refractivity contribution in [1.82, 2.24) is 9.13 Å². The van der Waals surface area contributed by atoms with Crippen LogP contribution in [0.2, 0.25) is 0 Å². The van der Waals surface area contributed by atoms with Gasteiger partial charge < -0.3 is 9.13 Å². The molecule has 2 aromatic heterocycles. The molecule has 256 valence electrons. The summed E-state index contributed by atoms with van der Waals surface area (Å²) in [5, 5.41) is 29.1. The molecular formula is C50H32N4Si. The lowest BCUT2D eigenvalue weighted by Crippen LogP contribution is -2.75. The van der Waals surface area contributed by atoms with Gasteiger partial charge in [-0.15, -0.1) is 0 Å². The van der Waals surface area contributed by atoms with E-state index in [4.69, 9.17) is 0 Å². The van der Waals surface area contributed by atoms with E-state index in [1.165, 1.54) is 42.6 Å². The molecule has 0 N–H and O–H groups in total. The molecule has 0 radical (unpaired) electrons. The lowest BCUT2D eigenvalue weighted by molar-refractivity contribution is 1.18. The predicted molar refractivity (Wildman–Crippen MR) is 228 cm³/mol. The molecule has 0 bridgehead atoms. The third-order valence-corrected chi connectivity index (χ3v) is 15.9. The molecule has 5 heteroatoms. The van der Waals surface area contributed by atoms with E-state index in [1.807, 2.05) is 36.4 Å².